The molecule has 0 unspecified atom stereocenters. The summed E-state index contributed by atoms with van der Waals surface area (Å²) in [7, 11) is 0. The van der Waals surface area contributed by atoms with Crippen molar-refractivity contribution in [3.8, 4) is 5.75 Å². The molecule has 4 rings (SSSR count). The molecule has 0 atom stereocenters. The second-order valence-corrected chi connectivity index (χ2v) is 9.26. The molecule has 0 aliphatic carbocycles. The monoisotopic (exact) mass is 502 g/mol. The summed E-state index contributed by atoms with van der Waals surface area (Å²) >= 11 is 11.3. The maximum atomic E-state index is 6.15. The Bertz CT molecular complexity index is 1130. The van der Waals surface area contributed by atoms with Crippen LogP contribution in [0, 0.1) is 0 Å². The van der Waals surface area contributed by atoms with Gasteiger partial charge in [-0.15, -0.1) is 0 Å². The lowest BCUT2D eigenvalue weighted by Gasteiger charge is -2.12. The van der Waals surface area contributed by atoms with E-state index in [1.165, 1.54) is 21.2 Å². The van der Waals surface area contributed by atoms with Gasteiger partial charge in [-0.05, 0) is 67.1 Å². The Balaban J connectivity index is 1.34. The predicted octanol–water partition coefficient (Wildman–Crippen LogP) is 7.37. The fourth-order valence-electron chi connectivity index (χ4n) is 3.53. The lowest BCUT2D eigenvalue weighted by molar-refractivity contribution is 0.323. The summed E-state index contributed by atoms with van der Waals surface area (Å²) in [6.45, 7) is 1.65. The van der Waals surface area contributed by atoms with E-state index >= 15 is 0 Å². The van der Waals surface area contributed by atoms with Gasteiger partial charge < -0.3 is 9.72 Å². The van der Waals surface area contributed by atoms with Gasteiger partial charge in [0.15, 0.2) is 0 Å². The molecule has 3 nitrogen and oxygen atoms in total. The lowest BCUT2D eigenvalue weighted by Crippen LogP contribution is -2.06. The molecular weight excluding hydrogens is 480 g/mol. The van der Waals surface area contributed by atoms with Crippen LogP contribution in [0.25, 0.3) is 21.7 Å². The Kier molecular flexibility index (Phi) is 7.61. The van der Waals surface area contributed by atoms with Gasteiger partial charge in [-0.25, -0.2) is 0 Å². The standard InChI is InChI=1S/C24H24BrClN2OS/c25-12-4-14-29-23-10-11-24(20-7-2-1-6-19(20)23)30-28-13-3-5-17-16-27-22-9-8-18(26)15-21(17)22/h1-2,6-11,15-16,27-28H,3-5,12-14H2. The molecule has 6 heteroatoms. The van der Waals surface area contributed by atoms with Crippen LogP contribution in [0.3, 0.4) is 0 Å². The van der Waals surface area contributed by atoms with Crippen LogP contribution < -0.4 is 9.46 Å². The molecule has 0 amide bonds. The highest BCUT2D eigenvalue weighted by molar-refractivity contribution is 9.09. The molecule has 0 saturated carbocycles. The van der Waals surface area contributed by atoms with Gasteiger partial charge >= 0.3 is 0 Å². The first-order chi connectivity index (χ1) is 14.8. The summed E-state index contributed by atoms with van der Waals surface area (Å²) in [5, 5.41) is 5.33. The minimum absolute atomic E-state index is 0.721. The van der Waals surface area contributed by atoms with Crippen molar-refractivity contribution in [2.75, 3.05) is 18.5 Å². The molecule has 0 saturated heterocycles. The van der Waals surface area contributed by atoms with E-state index in [0.29, 0.717) is 0 Å². The zero-order valence-corrected chi connectivity index (χ0v) is 19.7. The summed E-state index contributed by atoms with van der Waals surface area (Å²) in [5.41, 5.74) is 2.45. The Morgan fingerprint density at radius 1 is 1.00 bits per heavy atom. The van der Waals surface area contributed by atoms with Gasteiger partial charge in [0.05, 0.1) is 6.61 Å². The Morgan fingerprint density at radius 2 is 1.87 bits per heavy atom. The summed E-state index contributed by atoms with van der Waals surface area (Å²) in [4.78, 5) is 4.55. The molecule has 0 aliphatic rings. The highest BCUT2D eigenvalue weighted by Gasteiger charge is 2.08. The molecule has 0 aliphatic heterocycles. The number of rotatable bonds is 10. The Labute approximate surface area is 194 Å². The van der Waals surface area contributed by atoms with E-state index in [0.717, 1.165) is 59.4 Å². The number of alkyl halides is 1. The normalized spacial score (nSPS) is 11.4. The van der Waals surface area contributed by atoms with Crippen molar-refractivity contribution in [3.63, 3.8) is 0 Å². The number of hydrogen-bond acceptors (Lipinski definition) is 3. The minimum atomic E-state index is 0.721. The van der Waals surface area contributed by atoms with E-state index in [1.54, 1.807) is 11.9 Å². The fraction of sp³-hybridized carbons (Fsp3) is 0.250. The van der Waals surface area contributed by atoms with Gasteiger partial charge in [0.1, 0.15) is 5.75 Å². The van der Waals surface area contributed by atoms with Crippen molar-refractivity contribution < 1.29 is 4.74 Å². The van der Waals surface area contributed by atoms with E-state index in [2.05, 4.69) is 68.2 Å². The Hall–Kier alpha value is -1.66. The third-order valence-corrected chi connectivity index (χ3v) is 6.74. The highest BCUT2D eigenvalue weighted by atomic mass is 79.9. The molecule has 2 N–H and O–H groups in total. The van der Waals surface area contributed by atoms with Crippen LogP contribution in [0.15, 0.2) is 65.7 Å². The molecular formula is C24H24BrClN2OS. The topological polar surface area (TPSA) is 37.0 Å². The van der Waals surface area contributed by atoms with Crippen molar-refractivity contribution in [1.29, 1.82) is 0 Å². The second-order valence-electron chi connectivity index (χ2n) is 7.10. The third-order valence-electron chi connectivity index (χ3n) is 5.02. The molecule has 0 radical (unpaired) electrons. The quantitative estimate of drug-likeness (QED) is 0.135. The van der Waals surface area contributed by atoms with Gasteiger partial charge in [-0.1, -0.05) is 51.8 Å². The molecule has 0 fully saturated rings. The maximum Gasteiger partial charge on any atom is 0.127 e. The molecule has 3 aromatic carbocycles. The molecule has 1 heterocycles. The summed E-state index contributed by atoms with van der Waals surface area (Å²) < 4.78 is 9.49. The third kappa shape index (κ3) is 5.14. The van der Waals surface area contributed by atoms with Gasteiger partial charge in [0.2, 0.25) is 0 Å². The number of halogens is 2. The fourth-order valence-corrected chi connectivity index (χ4v) is 4.76. The van der Waals surface area contributed by atoms with Crippen molar-refractivity contribution in [2.45, 2.75) is 24.2 Å². The first kappa shape index (κ1) is 21.6. The van der Waals surface area contributed by atoms with Gasteiger partial charge in [-0.3, -0.25) is 4.72 Å². The van der Waals surface area contributed by atoms with Crippen molar-refractivity contribution >= 4 is 61.2 Å². The molecule has 30 heavy (non-hydrogen) atoms. The summed E-state index contributed by atoms with van der Waals surface area (Å²) in [5.74, 6) is 0.953. The summed E-state index contributed by atoms with van der Waals surface area (Å²) in [6.07, 6.45) is 5.15. The van der Waals surface area contributed by atoms with Gasteiger partial charge in [0, 0.05) is 49.7 Å². The van der Waals surface area contributed by atoms with Crippen LogP contribution in [0.1, 0.15) is 18.4 Å². The second kappa shape index (κ2) is 10.6. The lowest BCUT2D eigenvalue weighted by atomic mass is 10.1. The number of aryl methyl sites for hydroxylation is 1. The van der Waals surface area contributed by atoms with Crippen molar-refractivity contribution in [3.05, 3.63) is 71.4 Å². The number of fused-ring (bicyclic) bond motifs is 2. The van der Waals surface area contributed by atoms with Crippen molar-refractivity contribution in [1.82, 2.24) is 9.71 Å². The first-order valence-electron chi connectivity index (χ1n) is 10.1. The van der Waals surface area contributed by atoms with Crippen LogP contribution in [0.5, 0.6) is 5.75 Å². The van der Waals surface area contributed by atoms with E-state index in [4.69, 9.17) is 16.3 Å². The Morgan fingerprint density at radius 3 is 2.73 bits per heavy atom. The molecule has 4 aromatic rings. The van der Waals surface area contributed by atoms with E-state index < -0.39 is 0 Å². The van der Waals surface area contributed by atoms with Crippen LogP contribution in [-0.2, 0) is 6.42 Å². The average Bonchev–Trinajstić information content (AvgIpc) is 3.16. The largest absolute Gasteiger partial charge is 0.493 e. The smallest absolute Gasteiger partial charge is 0.127 e. The predicted molar refractivity (Wildman–Crippen MR) is 133 cm³/mol. The van der Waals surface area contributed by atoms with Crippen LogP contribution in [0.4, 0.5) is 0 Å². The van der Waals surface area contributed by atoms with Crippen LogP contribution in [0.2, 0.25) is 5.02 Å². The number of aromatic nitrogens is 1. The van der Waals surface area contributed by atoms with Gasteiger partial charge in [0.25, 0.3) is 0 Å². The van der Waals surface area contributed by atoms with E-state index in [-0.39, 0.29) is 0 Å². The SMILES string of the molecule is Clc1ccc2[nH]cc(CCCNSc3ccc(OCCCBr)c4ccccc34)c2c1. The number of hydrogen-bond donors (Lipinski definition) is 2. The van der Waals surface area contributed by atoms with Crippen LogP contribution in [-0.4, -0.2) is 23.5 Å². The molecule has 0 spiro atoms. The van der Waals surface area contributed by atoms with Crippen molar-refractivity contribution in [2.24, 2.45) is 0 Å². The van der Waals surface area contributed by atoms with E-state index in [1.807, 2.05) is 18.2 Å². The number of benzene rings is 3. The number of aromatic amines is 1. The highest BCUT2D eigenvalue weighted by Crippen LogP contribution is 2.33. The average molecular weight is 504 g/mol. The zero-order valence-electron chi connectivity index (χ0n) is 16.6. The zero-order chi connectivity index (χ0) is 20.8. The maximum absolute atomic E-state index is 6.15. The van der Waals surface area contributed by atoms with E-state index in [9.17, 15) is 0 Å². The van der Waals surface area contributed by atoms with Crippen LogP contribution >= 0.6 is 39.5 Å². The van der Waals surface area contributed by atoms with Gasteiger partial charge in [-0.2, -0.15) is 0 Å². The minimum Gasteiger partial charge on any atom is -0.493 e. The number of ether oxygens (including phenoxy) is 1. The first-order valence-corrected chi connectivity index (χ1v) is 12.4. The summed E-state index contributed by atoms with van der Waals surface area (Å²) in [6, 6.07) is 18.7. The number of nitrogens with one attached hydrogen (secondary N) is 2. The number of H-pyrrole nitrogens is 1. The molecule has 1 aromatic heterocycles. The molecule has 156 valence electrons. The molecule has 0 bridgehead atoms.